The van der Waals surface area contributed by atoms with Crippen LogP contribution < -0.4 is 0 Å². The van der Waals surface area contributed by atoms with E-state index in [1.807, 2.05) is 6.92 Å². The maximum absolute atomic E-state index is 8.70. The van der Waals surface area contributed by atoms with E-state index in [-0.39, 0.29) is 6.61 Å². The topological polar surface area (TPSA) is 56.9 Å². The summed E-state index contributed by atoms with van der Waals surface area (Å²) in [5.74, 6) is 0. The van der Waals surface area contributed by atoms with Crippen molar-refractivity contribution in [3.05, 3.63) is 15.6 Å². The summed E-state index contributed by atoms with van der Waals surface area (Å²) in [6, 6.07) is 2.05. The van der Waals surface area contributed by atoms with Gasteiger partial charge in [0, 0.05) is 17.9 Å². The quantitative estimate of drug-likeness (QED) is 0.760. The zero-order chi connectivity index (χ0) is 8.97. The highest BCUT2D eigenvalue weighted by Gasteiger charge is 2.05. The smallest absolute Gasteiger partial charge is 0.107 e. The van der Waals surface area contributed by atoms with Crippen LogP contribution >= 0.6 is 11.3 Å². The van der Waals surface area contributed by atoms with Crippen LogP contribution in [0.3, 0.4) is 0 Å². The molecule has 0 aliphatic heterocycles. The van der Waals surface area contributed by atoms with E-state index in [2.05, 4.69) is 11.1 Å². The first kappa shape index (κ1) is 9.17. The number of hydrogen-bond donors (Lipinski definition) is 1. The Bertz CT molecular complexity index is 300. The lowest BCUT2D eigenvalue weighted by atomic mass is 10.3. The molecule has 1 aromatic rings. The molecule has 1 aromatic heterocycles. The molecule has 3 nitrogen and oxygen atoms in total. The summed E-state index contributed by atoms with van der Waals surface area (Å²) >= 11 is 1.52. The van der Waals surface area contributed by atoms with Crippen molar-refractivity contribution in [3.63, 3.8) is 0 Å². The number of aliphatic hydroxyl groups is 1. The number of aryl methyl sites for hydroxylation is 1. The normalized spacial score (nSPS) is 9.75. The van der Waals surface area contributed by atoms with Gasteiger partial charge in [-0.25, -0.2) is 4.98 Å². The lowest BCUT2D eigenvalue weighted by Gasteiger charge is -1.90. The van der Waals surface area contributed by atoms with E-state index in [0.717, 1.165) is 15.6 Å². The fourth-order valence-electron chi connectivity index (χ4n) is 0.965. The Kier molecular flexibility index (Phi) is 3.20. The van der Waals surface area contributed by atoms with Gasteiger partial charge >= 0.3 is 0 Å². The van der Waals surface area contributed by atoms with E-state index in [1.54, 1.807) is 0 Å². The second-order valence-corrected chi connectivity index (χ2v) is 3.59. The maximum Gasteiger partial charge on any atom is 0.107 e. The summed E-state index contributed by atoms with van der Waals surface area (Å²) in [7, 11) is 0. The van der Waals surface area contributed by atoms with Crippen LogP contribution in [-0.2, 0) is 12.8 Å². The van der Waals surface area contributed by atoms with E-state index in [0.29, 0.717) is 12.8 Å². The van der Waals surface area contributed by atoms with Gasteiger partial charge in [-0.1, -0.05) is 0 Å². The van der Waals surface area contributed by atoms with Gasteiger partial charge in [-0.3, -0.25) is 0 Å². The minimum atomic E-state index is 0.148. The third-order valence-corrected chi connectivity index (χ3v) is 2.72. The zero-order valence-corrected chi connectivity index (χ0v) is 7.69. The molecule has 0 radical (unpaired) electrons. The minimum Gasteiger partial charge on any atom is -0.396 e. The van der Waals surface area contributed by atoms with Crippen molar-refractivity contribution in [1.29, 1.82) is 5.26 Å². The van der Waals surface area contributed by atoms with E-state index in [1.165, 1.54) is 11.3 Å². The number of aromatic nitrogens is 1. The summed E-state index contributed by atoms with van der Waals surface area (Å²) in [6.07, 6.45) is 1.02. The third kappa shape index (κ3) is 2.03. The van der Waals surface area contributed by atoms with Crippen molar-refractivity contribution in [1.82, 2.24) is 4.98 Å². The highest BCUT2D eigenvalue weighted by molar-refractivity contribution is 7.11. The molecule has 12 heavy (non-hydrogen) atoms. The van der Waals surface area contributed by atoms with Crippen LogP contribution in [0.1, 0.15) is 15.6 Å². The van der Waals surface area contributed by atoms with Gasteiger partial charge < -0.3 is 5.11 Å². The van der Waals surface area contributed by atoms with E-state index in [4.69, 9.17) is 10.4 Å². The first-order chi connectivity index (χ1) is 5.77. The molecule has 0 atom stereocenters. The summed E-state index contributed by atoms with van der Waals surface area (Å²) < 4.78 is 0. The van der Waals surface area contributed by atoms with Gasteiger partial charge in [-0.2, -0.15) is 5.26 Å². The number of nitrogens with zero attached hydrogens (tertiary/aromatic N) is 2. The summed E-state index contributed by atoms with van der Waals surface area (Å²) in [5.41, 5.74) is 0.944. The van der Waals surface area contributed by atoms with Crippen LogP contribution in [0.15, 0.2) is 0 Å². The molecule has 0 saturated carbocycles. The number of hydrogen-bond acceptors (Lipinski definition) is 4. The van der Waals surface area contributed by atoms with Gasteiger partial charge in [0.15, 0.2) is 0 Å². The zero-order valence-electron chi connectivity index (χ0n) is 6.87. The molecule has 0 fully saturated rings. The standard InChI is InChI=1S/C8H10N2OS/c1-6-7(3-5-11)12-8(10-6)2-4-9/h11H,2-3,5H2,1H3. The molecule has 0 amide bonds. The number of rotatable bonds is 3. The van der Waals surface area contributed by atoms with Gasteiger partial charge in [0.05, 0.1) is 18.2 Å². The molecular weight excluding hydrogens is 172 g/mol. The van der Waals surface area contributed by atoms with E-state index < -0.39 is 0 Å². The second-order valence-electron chi connectivity index (χ2n) is 2.42. The van der Waals surface area contributed by atoms with Gasteiger partial charge in [0.2, 0.25) is 0 Å². The van der Waals surface area contributed by atoms with Gasteiger partial charge in [-0.15, -0.1) is 11.3 Å². The Morgan fingerprint density at radius 1 is 1.67 bits per heavy atom. The third-order valence-electron chi connectivity index (χ3n) is 1.51. The fourth-order valence-corrected chi connectivity index (χ4v) is 1.96. The molecule has 0 aliphatic rings. The van der Waals surface area contributed by atoms with Crippen molar-refractivity contribution >= 4 is 11.3 Å². The molecule has 4 heteroatoms. The highest BCUT2D eigenvalue weighted by atomic mass is 32.1. The molecule has 0 bridgehead atoms. The largest absolute Gasteiger partial charge is 0.396 e. The van der Waals surface area contributed by atoms with Gasteiger partial charge in [-0.05, 0) is 6.92 Å². The monoisotopic (exact) mass is 182 g/mol. The Labute approximate surface area is 75.3 Å². The predicted octanol–water partition coefficient (Wildman–Crippen LogP) is 1.05. The summed E-state index contributed by atoms with van der Waals surface area (Å²) in [6.45, 7) is 2.05. The molecular formula is C8H10N2OS. The van der Waals surface area contributed by atoms with Crippen molar-refractivity contribution in [2.75, 3.05) is 6.61 Å². The van der Waals surface area contributed by atoms with Crippen LogP contribution in [0, 0.1) is 18.3 Å². The number of aliphatic hydroxyl groups excluding tert-OH is 1. The average Bonchev–Trinajstić information content (AvgIpc) is 2.34. The van der Waals surface area contributed by atoms with Crippen molar-refractivity contribution in [2.24, 2.45) is 0 Å². The molecule has 1 rings (SSSR count). The molecule has 0 saturated heterocycles. The van der Waals surface area contributed by atoms with Crippen molar-refractivity contribution in [2.45, 2.75) is 19.8 Å². The summed E-state index contributed by atoms with van der Waals surface area (Å²) in [4.78, 5) is 5.29. The average molecular weight is 182 g/mol. The van der Waals surface area contributed by atoms with Crippen LogP contribution in [-0.4, -0.2) is 16.7 Å². The van der Waals surface area contributed by atoms with Crippen LogP contribution in [0.2, 0.25) is 0 Å². The first-order valence-electron chi connectivity index (χ1n) is 3.71. The molecule has 0 aliphatic carbocycles. The molecule has 0 spiro atoms. The van der Waals surface area contributed by atoms with Gasteiger partial charge in [0.25, 0.3) is 0 Å². The van der Waals surface area contributed by atoms with Crippen molar-refractivity contribution < 1.29 is 5.11 Å². The summed E-state index contributed by atoms with van der Waals surface area (Å²) in [5, 5.41) is 18.0. The SMILES string of the molecule is Cc1nc(CC#N)sc1CCO. The molecule has 0 aromatic carbocycles. The number of thiazole rings is 1. The van der Waals surface area contributed by atoms with E-state index in [9.17, 15) is 0 Å². The van der Waals surface area contributed by atoms with E-state index >= 15 is 0 Å². The van der Waals surface area contributed by atoms with Crippen LogP contribution in [0.4, 0.5) is 0 Å². The predicted molar refractivity (Wildman–Crippen MR) is 47.0 cm³/mol. The second kappa shape index (κ2) is 4.19. The molecule has 64 valence electrons. The lowest BCUT2D eigenvalue weighted by molar-refractivity contribution is 0.300. The Morgan fingerprint density at radius 3 is 3.00 bits per heavy atom. The highest BCUT2D eigenvalue weighted by Crippen LogP contribution is 2.18. The maximum atomic E-state index is 8.70. The number of nitriles is 1. The Morgan fingerprint density at radius 2 is 2.42 bits per heavy atom. The lowest BCUT2D eigenvalue weighted by Crippen LogP contribution is -1.88. The Hall–Kier alpha value is -0.920. The minimum absolute atomic E-state index is 0.148. The molecule has 1 heterocycles. The molecule has 0 unspecified atom stereocenters. The van der Waals surface area contributed by atoms with Gasteiger partial charge in [0.1, 0.15) is 5.01 Å². The first-order valence-corrected chi connectivity index (χ1v) is 4.52. The Balaban J connectivity index is 2.79. The molecule has 1 N–H and O–H groups in total. The van der Waals surface area contributed by atoms with Crippen molar-refractivity contribution in [3.8, 4) is 6.07 Å². The van der Waals surface area contributed by atoms with Crippen LogP contribution in [0.5, 0.6) is 0 Å². The fraction of sp³-hybridized carbons (Fsp3) is 0.500. The van der Waals surface area contributed by atoms with Crippen LogP contribution in [0.25, 0.3) is 0 Å².